The lowest BCUT2D eigenvalue weighted by molar-refractivity contribution is -0.115. The molecule has 0 unspecified atom stereocenters. The van der Waals surface area contributed by atoms with Gasteiger partial charge in [0.2, 0.25) is 5.91 Å². The van der Waals surface area contributed by atoms with Gasteiger partial charge in [-0.05, 0) is 38.1 Å². The molecule has 106 valence electrons. The molecule has 4 nitrogen and oxygen atoms in total. The number of nitrogens with one attached hydrogen (secondary N) is 1. The van der Waals surface area contributed by atoms with Crippen LogP contribution in [-0.2, 0) is 4.79 Å². The number of carbonyl (C=O) groups excluding carboxylic acids is 1. The summed E-state index contributed by atoms with van der Waals surface area (Å²) in [6, 6.07) is 7.28. The van der Waals surface area contributed by atoms with Crippen LogP contribution in [0.2, 0.25) is 0 Å². The van der Waals surface area contributed by atoms with Crippen molar-refractivity contribution in [2.75, 3.05) is 12.4 Å². The fourth-order valence-electron chi connectivity index (χ4n) is 1.51. The number of rotatable bonds is 5. The Morgan fingerprint density at radius 2 is 2.10 bits per heavy atom. The maximum absolute atomic E-state index is 12.1. The summed E-state index contributed by atoms with van der Waals surface area (Å²) in [7, 11) is 1.61. The van der Waals surface area contributed by atoms with Gasteiger partial charge in [-0.1, -0.05) is 11.8 Å². The quantitative estimate of drug-likeness (QED) is 0.858. The fourth-order valence-corrected chi connectivity index (χ4v) is 3.49. The maximum atomic E-state index is 12.1. The van der Waals surface area contributed by atoms with E-state index in [4.69, 9.17) is 4.74 Å². The largest absolute Gasteiger partial charge is 0.497 e. The maximum Gasteiger partial charge on any atom is 0.237 e. The highest BCUT2D eigenvalue weighted by molar-refractivity contribution is 8.02. The molecule has 0 radical (unpaired) electrons. The van der Waals surface area contributed by atoms with Gasteiger partial charge in [0.25, 0.3) is 0 Å². The molecular formula is C14H16N2O2S2. The Morgan fingerprint density at radius 3 is 2.65 bits per heavy atom. The molecule has 1 heterocycles. The SMILES string of the molecule is COc1ccc(NC(=O)[C@@H](C)Sc2nc(C)cs2)cc1. The molecule has 0 saturated heterocycles. The van der Waals surface area contributed by atoms with Crippen LogP contribution in [0.25, 0.3) is 0 Å². The first kappa shape index (κ1) is 14.9. The Kier molecular flexibility index (Phi) is 5.03. The van der Waals surface area contributed by atoms with E-state index >= 15 is 0 Å². The number of aryl methyl sites for hydroxylation is 1. The van der Waals surface area contributed by atoms with Crippen LogP contribution in [0.1, 0.15) is 12.6 Å². The van der Waals surface area contributed by atoms with Gasteiger partial charge in [-0.3, -0.25) is 4.79 Å². The highest BCUT2D eigenvalue weighted by Crippen LogP contribution is 2.27. The summed E-state index contributed by atoms with van der Waals surface area (Å²) in [5.74, 6) is 0.733. The van der Waals surface area contributed by atoms with Crippen LogP contribution >= 0.6 is 23.1 Å². The third-order valence-electron chi connectivity index (χ3n) is 2.60. The van der Waals surface area contributed by atoms with Crippen LogP contribution in [-0.4, -0.2) is 23.3 Å². The minimum absolute atomic E-state index is 0.0342. The summed E-state index contributed by atoms with van der Waals surface area (Å²) in [5.41, 5.74) is 1.75. The molecule has 0 bridgehead atoms. The number of aromatic nitrogens is 1. The van der Waals surface area contributed by atoms with E-state index in [1.54, 1.807) is 18.4 Å². The summed E-state index contributed by atoms with van der Waals surface area (Å²) in [6.45, 7) is 3.82. The molecule has 20 heavy (non-hydrogen) atoms. The Hall–Kier alpha value is -1.53. The van der Waals surface area contributed by atoms with Gasteiger partial charge in [0.05, 0.1) is 12.4 Å². The molecule has 0 fully saturated rings. The predicted octanol–water partition coefficient (Wildman–Crippen LogP) is 3.58. The number of thioether (sulfide) groups is 1. The van der Waals surface area contributed by atoms with Crippen molar-refractivity contribution >= 4 is 34.7 Å². The molecule has 0 aliphatic heterocycles. The zero-order valence-electron chi connectivity index (χ0n) is 11.5. The van der Waals surface area contributed by atoms with Crippen molar-refractivity contribution in [3.63, 3.8) is 0 Å². The number of carbonyl (C=O) groups is 1. The summed E-state index contributed by atoms with van der Waals surface area (Å²) < 4.78 is 6.00. The van der Waals surface area contributed by atoms with E-state index in [2.05, 4.69) is 10.3 Å². The van der Waals surface area contributed by atoms with Crippen LogP contribution in [0.5, 0.6) is 5.75 Å². The van der Waals surface area contributed by atoms with Gasteiger partial charge in [-0.25, -0.2) is 4.98 Å². The first-order valence-electron chi connectivity index (χ1n) is 6.12. The highest BCUT2D eigenvalue weighted by Gasteiger charge is 2.16. The number of methoxy groups -OCH3 is 1. The molecule has 0 saturated carbocycles. The van der Waals surface area contributed by atoms with E-state index < -0.39 is 0 Å². The first-order valence-corrected chi connectivity index (χ1v) is 7.88. The van der Waals surface area contributed by atoms with Gasteiger partial charge in [0.15, 0.2) is 4.34 Å². The molecule has 2 rings (SSSR count). The van der Waals surface area contributed by atoms with Gasteiger partial charge in [0, 0.05) is 16.8 Å². The average molecular weight is 308 g/mol. The topological polar surface area (TPSA) is 51.2 Å². The van der Waals surface area contributed by atoms with E-state index in [0.29, 0.717) is 0 Å². The third kappa shape index (κ3) is 3.98. The van der Waals surface area contributed by atoms with Crippen molar-refractivity contribution in [1.29, 1.82) is 0 Å². The second-order valence-corrected chi connectivity index (χ2v) is 6.68. The molecule has 1 atom stereocenters. The lowest BCUT2D eigenvalue weighted by Crippen LogP contribution is -2.22. The third-order valence-corrected chi connectivity index (χ3v) is 4.79. The van der Waals surface area contributed by atoms with Gasteiger partial charge in [-0.15, -0.1) is 11.3 Å². The standard InChI is InChI=1S/C14H16N2O2S2/c1-9-8-19-14(15-9)20-10(2)13(17)16-11-4-6-12(18-3)7-5-11/h4-8,10H,1-3H3,(H,16,17)/t10-/m1/s1. The molecule has 0 spiro atoms. The van der Waals surface area contributed by atoms with Gasteiger partial charge >= 0.3 is 0 Å². The molecule has 1 amide bonds. The van der Waals surface area contributed by atoms with Crippen molar-refractivity contribution in [3.8, 4) is 5.75 Å². The minimum atomic E-state index is -0.192. The number of thiazole rings is 1. The monoisotopic (exact) mass is 308 g/mol. The van der Waals surface area contributed by atoms with E-state index in [1.807, 2.05) is 43.5 Å². The molecular weight excluding hydrogens is 292 g/mol. The van der Waals surface area contributed by atoms with Crippen LogP contribution in [0.4, 0.5) is 5.69 Å². The highest BCUT2D eigenvalue weighted by atomic mass is 32.2. The average Bonchev–Trinajstić information content (AvgIpc) is 2.85. The van der Waals surface area contributed by atoms with Crippen LogP contribution in [0.15, 0.2) is 34.0 Å². The van der Waals surface area contributed by atoms with Crippen molar-refractivity contribution in [3.05, 3.63) is 35.3 Å². The van der Waals surface area contributed by atoms with Crippen LogP contribution in [0, 0.1) is 6.92 Å². The van der Waals surface area contributed by atoms with E-state index in [9.17, 15) is 4.79 Å². The summed E-state index contributed by atoms with van der Waals surface area (Å²) in [5, 5.41) is 4.67. The van der Waals surface area contributed by atoms with Crippen molar-refractivity contribution in [2.24, 2.45) is 0 Å². The summed E-state index contributed by atoms with van der Waals surface area (Å²) >= 11 is 3.03. The summed E-state index contributed by atoms with van der Waals surface area (Å²) in [4.78, 5) is 16.4. The van der Waals surface area contributed by atoms with Gasteiger partial charge < -0.3 is 10.1 Å². The zero-order valence-corrected chi connectivity index (χ0v) is 13.2. The van der Waals surface area contributed by atoms with Crippen LogP contribution < -0.4 is 10.1 Å². The Bertz CT molecular complexity index is 581. The predicted molar refractivity (Wildman–Crippen MR) is 83.8 cm³/mol. The number of anilines is 1. The van der Waals surface area contributed by atoms with Crippen molar-refractivity contribution in [2.45, 2.75) is 23.4 Å². The lowest BCUT2D eigenvalue weighted by atomic mass is 10.3. The van der Waals surface area contributed by atoms with E-state index in [1.165, 1.54) is 11.8 Å². The lowest BCUT2D eigenvalue weighted by Gasteiger charge is -2.10. The number of benzene rings is 1. The fraction of sp³-hybridized carbons (Fsp3) is 0.286. The van der Waals surface area contributed by atoms with Gasteiger partial charge in [0.1, 0.15) is 5.75 Å². The Balaban J connectivity index is 1.93. The molecule has 6 heteroatoms. The molecule has 2 aromatic rings. The summed E-state index contributed by atoms with van der Waals surface area (Å²) in [6.07, 6.45) is 0. The number of amides is 1. The van der Waals surface area contributed by atoms with Crippen molar-refractivity contribution < 1.29 is 9.53 Å². The zero-order chi connectivity index (χ0) is 14.5. The molecule has 0 aliphatic rings. The number of hydrogen-bond donors (Lipinski definition) is 1. The molecule has 1 aromatic carbocycles. The normalized spacial score (nSPS) is 11.9. The number of ether oxygens (including phenoxy) is 1. The Morgan fingerprint density at radius 1 is 1.40 bits per heavy atom. The second-order valence-electron chi connectivity index (χ2n) is 4.23. The minimum Gasteiger partial charge on any atom is -0.497 e. The van der Waals surface area contributed by atoms with E-state index in [0.717, 1.165) is 21.5 Å². The first-order chi connectivity index (χ1) is 9.58. The van der Waals surface area contributed by atoms with Crippen LogP contribution in [0.3, 0.4) is 0 Å². The smallest absolute Gasteiger partial charge is 0.237 e. The molecule has 1 aromatic heterocycles. The Labute approximate surface area is 126 Å². The van der Waals surface area contributed by atoms with E-state index in [-0.39, 0.29) is 11.2 Å². The molecule has 1 N–H and O–H groups in total. The second kappa shape index (κ2) is 6.76. The molecule has 0 aliphatic carbocycles. The van der Waals surface area contributed by atoms with Crippen molar-refractivity contribution in [1.82, 2.24) is 4.98 Å². The number of hydrogen-bond acceptors (Lipinski definition) is 5. The number of nitrogens with zero attached hydrogens (tertiary/aromatic N) is 1. The van der Waals surface area contributed by atoms with Gasteiger partial charge in [-0.2, -0.15) is 0 Å².